The van der Waals surface area contributed by atoms with E-state index in [1.807, 2.05) is 30.6 Å². The van der Waals surface area contributed by atoms with Gasteiger partial charge in [-0.25, -0.2) is 4.98 Å². The summed E-state index contributed by atoms with van der Waals surface area (Å²) in [6, 6.07) is 24.6. The van der Waals surface area contributed by atoms with Gasteiger partial charge in [-0.3, -0.25) is 4.57 Å². The number of nitrogens with two attached hydrogens (primary N) is 1. The van der Waals surface area contributed by atoms with Gasteiger partial charge in [0.15, 0.2) is 0 Å². The molecule has 0 aliphatic heterocycles. The Morgan fingerprint density at radius 3 is 2.39 bits per heavy atom. The minimum Gasteiger partial charge on any atom is -0.399 e. The number of nitrogen functional groups attached to an aromatic ring is 1. The van der Waals surface area contributed by atoms with Crippen LogP contribution >= 0.6 is 12.4 Å². The highest BCUT2D eigenvalue weighted by molar-refractivity contribution is 5.85. The van der Waals surface area contributed by atoms with Gasteiger partial charge in [-0.1, -0.05) is 42.5 Å². The maximum absolute atomic E-state index is 5.82. The lowest BCUT2D eigenvalue weighted by Gasteiger charge is -2.08. The van der Waals surface area contributed by atoms with Crippen molar-refractivity contribution in [3.8, 4) is 16.8 Å². The lowest BCUT2D eigenvalue weighted by molar-refractivity contribution is 1.09. The number of hydrogen-bond acceptors (Lipinski definition) is 2. The molecule has 0 unspecified atom stereocenters. The van der Waals surface area contributed by atoms with E-state index >= 15 is 0 Å². The molecule has 4 rings (SSSR count). The standard InChI is InChI=1S/C19H15N3.ClH/c20-16-9-10-19-18(12-16)21-13-22(19)17-8-4-7-15(11-17)14-5-2-1-3-6-14;/h1-13H,20H2;1H. The molecule has 0 fully saturated rings. The van der Waals surface area contributed by atoms with Crippen LogP contribution in [-0.4, -0.2) is 9.55 Å². The molecular formula is C19H16ClN3. The van der Waals surface area contributed by atoms with Crippen molar-refractivity contribution in [3.63, 3.8) is 0 Å². The molecule has 4 heteroatoms. The maximum atomic E-state index is 5.82. The molecule has 0 spiro atoms. The molecule has 0 radical (unpaired) electrons. The van der Waals surface area contributed by atoms with Crippen LogP contribution in [-0.2, 0) is 0 Å². The van der Waals surface area contributed by atoms with E-state index in [9.17, 15) is 0 Å². The van der Waals surface area contributed by atoms with Crippen molar-refractivity contribution in [1.29, 1.82) is 0 Å². The Morgan fingerprint density at radius 1 is 0.783 bits per heavy atom. The van der Waals surface area contributed by atoms with Crippen LogP contribution in [0, 0.1) is 0 Å². The van der Waals surface area contributed by atoms with Gasteiger partial charge in [-0.2, -0.15) is 0 Å². The van der Waals surface area contributed by atoms with E-state index in [1.54, 1.807) is 0 Å². The van der Waals surface area contributed by atoms with Crippen molar-refractivity contribution in [1.82, 2.24) is 9.55 Å². The summed E-state index contributed by atoms with van der Waals surface area (Å²) < 4.78 is 2.08. The predicted octanol–water partition coefficient (Wildman–Crippen LogP) is 4.70. The highest BCUT2D eigenvalue weighted by Crippen LogP contribution is 2.25. The molecule has 114 valence electrons. The van der Waals surface area contributed by atoms with Gasteiger partial charge in [0.05, 0.1) is 11.0 Å². The summed E-state index contributed by atoms with van der Waals surface area (Å²) in [5, 5.41) is 0. The molecule has 0 aliphatic carbocycles. The van der Waals surface area contributed by atoms with Crippen LogP contribution in [0.25, 0.3) is 27.8 Å². The van der Waals surface area contributed by atoms with Crippen molar-refractivity contribution in [2.75, 3.05) is 5.73 Å². The molecule has 0 aliphatic rings. The number of benzene rings is 3. The van der Waals surface area contributed by atoms with Gasteiger partial charge in [0, 0.05) is 11.4 Å². The number of imidazole rings is 1. The molecule has 3 aromatic carbocycles. The predicted molar refractivity (Wildman–Crippen MR) is 98.2 cm³/mol. The molecule has 0 saturated heterocycles. The van der Waals surface area contributed by atoms with Gasteiger partial charge in [0.2, 0.25) is 0 Å². The first kappa shape index (κ1) is 15.1. The minimum atomic E-state index is 0. The van der Waals surface area contributed by atoms with Crippen molar-refractivity contribution < 1.29 is 0 Å². The van der Waals surface area contributed by atoms with Gasteiger partial charge in [-0.05, 0) is 41.5 Å². The molecule has 4 aromatic rings. The Balaban J connectivity index is 0.00000156. The summed E-state index contributed by atoms with van der Waals surface area (Å²) in [7, 11) is 0. The van der Waals surface area contributed by atoms with E-state index in [0.717, 1.165) is 22.4 Å². The van der Waals surface area contributed by atoms with Crippen LogP contribution < -0.4 is 5.73 Å². The summed E-state index contributed by atoms with van der Waals surface area (Å²) >= 11 is 0. The summed E-state index contributed by atoms with van der Waals surface area (Å²) in [5.41, 5.74) is 12.0. The second kappa shape index (κ2) is 6.15. The lowest BCUT2D eigenvalue weighted by atomic mass is 10.1. The van der Waals surface area contributed by atoms with Crippen molar-refractivity contribution in [3.05, 3.63) is 79.1 Å². The van der Waals surface area contributed by atoms with Crippen LogP contribution in [0.2, 0.25) is 0 Å². The van der Waals surface area contributed by atoms with Crippen molar-refractivity contribution in [2.45, 2.75) is 0 Å². The molecule has 1 aromatic heterocycles. The molecule has 2 N–H and O–H groups in total. The Morgan fingerprint density at radius 2 is 1.57 bits per heavy atom. The average molecular weight is 322 g/mol. The zero-order valence-electron chi connectivity index (χ0n) is 12.4. The van der Waals surface area contributed by atoms with Crippen LogP contribution in [0.4, 0.5) is 5.69 Å². The lowest BCUT2D eigenvalue weighted by Crippen LogP contribution is -1.92. The number of hydrogen-bond donors (Lipinski definition) is 1. The fraction of sp³-hybridized carbons (Fsp3) is 0. The molecule has 3 nitrogen and oxygen atoms in total. The van der Waals surface area contributed by atoms with E-state index in [0.29, 0.717) is 0 Å². The van der Waals surface area contributed by atoms with E-state index in [1.165, 1.54) is 11.1 Å². The van der Waals surface area contributed by atoms with Gasteiger partial charge in [0.25, 0.3) is 0 Å². The molecule has 0 bridgehead atoms. The van der Waals surface area contributed by atoms with E-state index in [-0.39, 0.29) is 12.4 Å². The average Bonchev–Trinajstić information content (AvgIpc) is 2.99. The third-order valence-corrected chi connectivity index (χ3v) is 3.80. The topological polar surface area (TPSA) is 43.8 Å². The molecule has 23 heavy (non-hydrogen) atoms. The van der Waals surface area contributed by atoms with Crippen molar-refractivity contribution in [2.24, 2.45) is 0 Å². The molecule has 1 heterocycles. The Kier molecular flexibility index (Phi) is 4.04. The second-order valence-corrected chi connectivity index (χ2v) is 5.28. The minimum absolute atomic E-state index is 0. The molecule has 0 amide bonds. The van der Waals surface area contributed by atoms with Crippen molar-refractivity contribution >= 4 is 29.1 Å². The molecular weight excluding hydrogens is 306 g/mol. The fourth-order valence-corrected chi connectivity index (χ4v) is 2.70. The first-order chi connectivity index (χ1) is 10.8. The van der Waals surface area contributed by atoms with Gasteiger partial charge >= 0.3 is 0 Å². The third-order valence-electron chi connectivity index (χ3n) is 3.80. The monoisotopic (exact) mass is 321 g/mol. The highest BCUT2D eigenvalue weighted by atomic mass is 35.5. The first-order valence-electron chi connectivity index (χ1n) is 7.20. The Labute approximate surface area is 140 Å². The number of aromatic nitrogens is 2. The smallest absolute Gasteiger partial charge is 0.100 e. The van der Waals surface area contributed by atoms with Gasteiger partial charge in [0.1, 0.15) is 6.33 Å². The summed E-state index contributed by atoms with van der Waals surface area (Å²) in [6.07, 6.45) is 1.84. The zero-order chi connectivity index (χ0) is 14.9. The Hall–Kier alpha value is -2.78. The van der Waals surface area contributed by atoms with E-state index in [4.69, 9.17) is 5.73 Å². The van der Waals surface area contributed by atoms with Gasteiger partial charge in [-0.15, -0.1) is 12.4 Å². The number of nitrogens with zero attached hydrogens (tertiary/aromatic N) is 2. The normalized spacial score (nSPS) is 10.4. The highest BCUT2D eigenvalue weighted by Gasteiger charge is 2.06. The number of rotatable bonds is 2. The van der Waals surface area contributed by atoms with Crippen LogP contribution in [0.15, 0.2) is 79.1 Å². The van der Waals surface area contributed by atoms with E-state index in [2.05, 4.69) is 58.1 Å². The van der Waals surface area contributed by atoms with E-state index < -0.39 is 0 Å². The Bertz CT molecular complexity index is 945. The van der Waals surface area contributed by atoms with Crippen LogP contribution in [0.1, 0.15) is 0 Å². The van der Waals surface area contributed by atoms with Gasteiger partial charge < -0.3 is 5.73 Å². The number of fused-ring (bicyclic) bond motifs is 1. The second-order valence-electron chi connectivity index (χ2n) is 5.28. The van der Waals surface area contributed by atoms with Crippen LogP contribution in [0.5, 0.6) is 0 Å². The largest absolute Gasteiger partial charge is 0.399 e. The SMILES string of the molecule is Cl.Nc1ccc2c(c1)ncn2-c1cccc(-c2ccccc2)c1. The number of anilines is 1. The fourth-order valence-electron chi connectivity index (χ4n) is 2.70. The summed E-state index contributed by atoms with van der Waals surface area (Å²) in [4.78, 5) is 4.44. The third kappa shape index (κ3) is 2.79. The maximum Gasteiger partial charge on any atom is 0.100 e. The molecule has 0 atom stereocenters. The zero-order valence-corrected chi connectivity index (χ0v) is 13.2. The first-order valence-corrected chi connectivity index (χ1v) is 7.20. The molecule has 0 saturated carbocycles. The quantitative estimate of drug-likeness (QED) is 0.544. The number of halogens is 1. The summed E-state index contributed by atoms with van der Waals surface area (Å²) in [6.45, 7) is 0. The van der Waals surface area contributed by atoms with Crippen LogP contribution in [0.3, 0.4) is 0 Å². The summed E-state index contributed by atoms with van der Waals surface area (Å²) in [5.74, 6) is 0.